The van der Waals surface area contributed by atoms with Crippen LogP contribution in [0.15, 0.2) is 11.1 Å². The normalized spacial score (nSPS) is 10.2. The van der Waals surface area contributed by atoms with Crippen LogP contribution in [0.1, 0.15) is 48.5 Å². The monoisotopic (exact) mass is 236 g/mol. The van der Waals surface area contributed by atoms with E-state index in [4.69, 9.17) is 9.31 Å². The minimum absolute atomic E-state index is 0.158. The highest BCUT2D eigenvalue weighted by Gasteiger charge is 2.19. The van der Waals surface area contributed by atoms with Gasteiger partial charge in [-0.2, -0.15) is 0 Å². The summed E-state index contributed by atoms with van der Waals surface area (Å²) in [5.74, 6) is 6.25. The number of hydrogen-bond acceptors (Lipinski definition) is 2. The number of hydrogen-bond donors (Lipinski definition) is 0. The molecule has 0 atom stereocenters. The van der Waals surface area contributed by atoms with Gasteiger partial charge < -0.3 is 9.31 Å². The number of rotatable bonds is 5. The van der Waals surface area contributed by atoms with E-state index in [0.29, 0.717) is 6.32 Å². The Kier molecular flexibility index (Phi) is 8.03. The zero-order chi connectivity index (χ0) is 13.4. The molecule has 96 valence electrons. The maximum atomic E-state index is 5.66. The standard InChI is InChI=1S/C14H25BO2/c1-11(2)14(7)9-8-10-15(16-12(3)4)17-13(5)6/h12-13H,10H2,1-7H3. The minimum Gasteiger partial charge on any atom is -0.408 e. The Balaban J connectivity index is 4.39. The molecule has 0 amide bonds. The van der Waals surface area contributed by atoms with Crippen LogP contribution in [0.25, 0.3) is 0 Å². The number of allylic oxidation sites excluding steroid dienone is 2. The summed E-state index contributed by atoms with van der Waals surface area (Å²) in [6.07, 6.45) is 0.927. The van der Waals surface area contributed by atoms with E-state index in [9.17, 15) is 0 Å². The zero-order valence-electron chi connectivity index (χ0n) is 12.3. The summed E-state index contributed by atoms with van der Waals surface area (Å²) in [5, 5.41) is 0. The van der Waals surface area contributed by atoms with Crippen LogP contribution in [0, 0.1) is 11.8 Å². The second-order valence-electron chi connectivity index (χ2n) is 4.93. The zero-order valence-corrected chi connectivity index (χ0v) is 12.3. The topological polar surface area (TPSA) is 18.5 Å². The molecule has 0 spiro atoms. The second kappa shape index (κ2) is 8.39. The highest BCUT2D eigenvalue weighted by Crippen LogP contribution is 2.05. The Hall–Kier alpha value is -0.715. The molecule has 0 aliphatic heterocycles. The van der Waals surface area contributed by atoms with Gasteiger partial charge in [-0.3, -0.25) is 0 Å². The van der Waals surface area contributed by atoms with Crippen molar-refractivity contribution in [3.05, 3.63) is 11.1 Å². The quantitative estimate of drug-likeness (QED) is 0.535. The van der Waals surface area contributed by atoms with Crippen LogP contribution in [0.5, 0.6) is 0 Å². The average molecular weight is 236 g/mol. The maximum Gasteiger partial charge on any atom is 0.469 e. The van der Waals surface area contributed by atoms with E-state index in [-0.39, 0.29) is 19.3 Å². The van der Waals surface area contributed by atoms with Crippen LogP contribution in [-0.2, 0) is 9.31 Å². The van der Waals surface area contributed by atoms with Crippen molar-refractivity contribution < 1.29 is 9.31 Å². The third-order valence-corrected chi connectivity index (χ3v) is 2.14. The van der Waals surface area contributed by atoms with E-state index in [0.717, 1.165) is 5.57 Å². The Morgan fingerprint density at radius 1 is 1.00 bits per heavy atom. The van der Waals surface area contributed by atoms with Gasteiger partial charge in [0.15, 0.2) is 0 Å². The fourth-order valence-electron chi connectivity index (χ4n) is 1.13. The summed E-state index contributed by atoms with van der Waals surface area (Å²) in [7, 11) is -0.229. The molecule has 3 heteroatoms. The molecule has 17 heavy (non-hydrogen) atoms. The largest absolute Gasteiger partial charge is 0.469 e. The molecule has 0 aromatic rings. The first kappa shape index (κ1) is 16.3. The van der Waals surface area contributed by atoms with Crippen LogP contribution in [0.3, 0.4) is 0 Å². The average Bonchev–Trinajstić information content (AvgIpc) is 2.14. The van der Waals surface area contributed by atoms with Gasteiger partial charge in [-0.25, -0.2) is 0 Å². The van der Waals surface area contributed by atoms with Gasteiger partial charge >= 0.3 is 7.12 Å². The lowest BCUT2D eigenvalue weighted by atomic mass is 9.84. The van der Waals surface area contributed by atoms with Crippen LogP contribution < -0.4 is 0 Å². The summed E-state index contributed by atoms with van der Waals surface area (Å²) < 4.78 is 11.3. The van der Waals surface area contributed by atoms with Crippen LogP contribution in [0.2, 0.25) is 6.32 Å². The predicted octanol–water partition coefficient (Wildman–Crippen LogP) is 3.68. The molecule has 0 fully saturated rings. The van der Waals surface area contributed by atoms with Gasteiger partial charge in [-0.05, 0) is 54.0 Å². The van der Waals surface area contributed by atoms with Crippen molar-refractivity contribution in [2.24, 2.45) is 0 Å². The van der Waals surface area contributed by atoms with Crippen LogP contribution >= 0.6 is 0 Å². The van der Waals surface area contributed by atoms with Crippen molar-refractivity contribution in [3.63, 3.8) is 0 Å². The molecule has 2 nitrogen and oxygen atoms in total. The minimum atomic E-state index is -0.229. The first-order chi connectivity index (χ1) is 7.82. The summed E-state index contributed by atoms with van der Waals surface area (Å²) >= 11 is 0. The summed E-state index contributed by atoms with van der Waals surface area (Å²) in [6.45, 7) is 14.2. The van der Waals surface area contributed by atoms with Crippen LogP contribution in [0.4, 0.5) is 0 Å². The lowest BCUT2D eigenvalue weighted by Crippen LogP contribution is -2.28. The first-order valence-electron chi connectivity index (χ1n) is 6.26. The Morgan fingerprint density at radius 2 is 1.47 bits per heavy atom. The summed E-state index contributed by atoms with van der Waals surface area (Å²) in [5.41, 5.74) is 2.38. The van der Waals surface area contributed by atoms with E-state index in [1.54, 1.807) is 0 Å². The predicted molar refractivity (Wildman–Crippen MR) is 74.8 cm³/mol. The SMILES string of the molecule is CC(C)=C(C)C#CCB(OC(C)C)OC(C)C. The maximum absolute atomic E-state index is 5.66. The highest BCUT2D eigenvalue weighted by atomic mass is 16.6. The molecule has 0 saturated carbocycles. The van der Waals surface area contributed by atoms with E-state index in [1.807, 2.05) is 34.6 Å². The van der Waals surface area contributed by atoms with Gasteiger partial charge in [-0.15, -0.1) is 5.92 Å². The first-order valence-corrected chi connectivity index (χ1v) is 6.26. The molecular weight excluding hydrogens is 211 g/mol. The molecule has 0 rings (SSSR count). The molecule has 0 saturated heterocycles. The molecule has 0 aromatic heterocycles. The van der Waals surface area contributed by atoms with Crippen molar-refractivity contribution in [3.8, 4) is 11.8 Å². The van der Waals surface area contributed by atoms with Gasteiger partial charge in [-0.1, -0.05) is 11.5 Å². The van der Waals surface area contributed by atoms with Crippen molar-refractivity contribution in [1.82, 2.24) is 0 Å². The van der Waals surface area contributed by atoms with Gasteiger partial charge in [0.05, 0.1) is 0 Å². The van der Waals surface area contributed by atoms with Crippen molar-refractivity contribution in [2.75, 3.05) is 0 Å². The molecule has 0 N–H and O–H groups in total. The Labute approximate surface area is 107 Å². The second-order valence-corrected chi connectivity index (χ2v) is 4.93. The van der Waals surface area contributed by atoms with Crippen LogP contribution in [-0.4, -0.2) is 19.3 Å². The van der Waals surface area contributed by atoms with Gasteiger partial charge in [0.2, 0.25) is 0 Å². The lowest BCUT2D eigenvalue weighted by Gasteiger charge is -2.17. The Bertz CT molecular complexity index is 294. The third-order valence-electron chi connectivity index (χ3n) is 2.14. The summed E-state index contributed by atoms with van der Waals surface area (Å²) in [4.78, 5) is 0. The third kappa shape index (κ3) is 9.03. The van der Waals surface area contributed by atoms with Gasteiger partial charge in [0, 0.05) is 18.5 Å². The lowest BCUT2D eigenvalue weighted by molar-refractivity contribution is 0.132. The Morgan fingerprint density at radius 3 is 1.82 bits per heavy atom. The molecule has 0 bridgehead atoms. The van der Waals surface area contributed by atoms with Gasteiger partial charge in [0.25, 0.3) is 0 Å². The smallest absolute Gasteiger partial charge is 0.408 e. The fourth-order valence-corrected chi connectivity index (χ4v) is 1.13. The molecule has 0 unspecified atom stereocenters. The molecule has 0 aromatic carbocycles. The van der Waals surface area contributed by atoms with E-state index in [1.165, 1.54) is 5.57 Å². The van der Waals surface area contributed by atoms with E-state index in [2.05, 4.69) is 25.7 Å². The highest BCUT2D eigenvalue weighted by molar-refractivity contribution is 6.45. The van der Waals surface area contributed by atoms with Crippen molar-refractivity contribution >= 4 is 7.12 Å². The van der Waals surface area contributed by atoms with E-state index < -0.39 is 0 Å². The fraction of sp³-hybridized carbons (Fsp3) is 0.714. The molecule has 0 aliphatic carbocycles. The molecule has 0 aliphatic rings. The van der Waals surface area contributed by atoms with Crippen molar-refractivity contribution in [2.45, 2.75) is 67.0 Å². The van der Waals surface area contributed by atoms with Gasteiger partial charge in [0.1, 0.15) is 0 Å². The summed E-state index contributed by atoms with van der Waals surface area (Å²) in [6, 6.07) is 0. The molecule has 0 radical (unpaired) electrons. The van der Waals surface area contributed by atoms with E-state index >= 15 is 0 Å². The van der Waals surface area contributed by atoms with Crippen molar-refractivity contribution in [1.29, 1.82) is 0 Å². The molecule has 0 heterocycles. The molecular formula is C14H25BO2.